The van der Waals surface area contributed by atoms with E-state index in [4.69, 9.17) is 0 Å². The van der Waals surface area contributed by atoms with Gasteiger partial charge in [0.25, 0.3) is 0 Å². The number of alkyl halides is 3. The Hall–Kier alpha value is -1.81. The second-order valence-corrected chi connectivity index (χ2v) is 4.34. The van der Waals surface area contributed by atoms with Crippen LogP contribution in [0.3, 0.4) is 0 Å². The van der Waals surface area contributed by atoms with Gasteiger partial charge in [0.15, 0.2) is 0 Å². The van der Waals surface area contributed by atoms with Crippen molar-refractivity contribution < 1.29 is 18.3 Å². The van der Waals surface area contributed by atoms with Crippen molar-refractivity contribution in [2.24, 2.45) is 0 Å². The molecule has 0 fully saturated rings. The molecular weight excluding hydrogens is 253 g/mol. The van der Waals surface area contributed by atoms with Gasteiger partial charge in [0, 0.05) is 0 Å². The zero-order valence-corrected chi connectivity index (χ0v) is 10.3. The molecule has 100 valence electrons. The predicted molar refractivity (Wildman–Crippen MR) is 66.7 cm³/mol. The number of aliphatic hydroxyl groups excluding tert-OH is 1. The summed E-state index contributed by atoms with van der Waals surface area (Å²) in [6.45, 7) is 1.76. The van der Waals surface area contributed by atoms with Crippen LogP contribution in [0, 0.1) is 6.92 Å². The Morgan fingerprint density at radius 3 is 2.00 bits per heavy atom. The van der Waals surface area contributed by atoms with Crippen LogP contribution in [0.4, 0.5) is 13.2 Å². The molecule has 1 N–H and O–H groups in total. The number of aliphatic hydroxyl groups is 1. The van der Waals surface area contributed by atoms with Crippen LogP contribution in [0.2, 0.25) is 0 Å². The van der Waals surface area contributed by atoms with Gasteiger partial charge in [0.05, 0.1) is 5.56 Å². The number of aryl methyl sites for hydroxylation is 1. The molecule has 0 aromatic heterocycles. The Labute approximate surface area is 109 Å². The van der Waals surface area contributed by atoms with Crippen molar-refractivity contribution in [2.75, 3.05) is 0 Å². The van der Waals surface area contributed by atoms with Crippen molar-refractivity contribution in [3.8, 4) is 0 Å². The maximum absolute atomic E-state index is 12.9. The zero-order valence-electron chi connectivity index (χ0n) is 10.3. The summed E-state index contributed by atoms with van der Waals surface area (Å²) in [6, 6.07) is 12.0. The van der Waals surface area contributed by atoms with E-state index in [1.807, 2.05) is 0 Å². The fraction of sp³-hybridized carbons (Fsp3) is 0.200. The topological polar surface area (TPSA) is 20.2 Å². The van der Waals surface area contributed by atoms with Crippen molar-refractivity contribution in [1.82, 2.24) is 0 Å². The first-order valence-electron chi connectivity index (χ1n) is 5.81. The smallest absolute Gasteiger partial charge is 0.384 e. The van der Waals surface area contributed by atoms with Gasteiger partial charge in [-0.05, 0) is 29.7 Å². The Balaban J connectivity index is 2.51. The first-order chi connectivity index (χ1) is 8.91. The van der Waals surface area contributed by atoms with Gasteiger partial charge in [-0.3, -0.25) is 0 Å². The summed E-state index contributed by atoms with van der Waals surface area (Å²) in [6.07, 6.45) is -5.75. The summed E-state index contributed by atoms with van der Waals surface area (Å²) in [5.41, 5.74) is 0.321. The van der Waals surface area contributed by atoms with E-state index < -0.39 is 17.8 Å². The van der Waals surface area contributed by atoms with E-state index in [0.29, 0.717) is 5.56 Å². The first kappa shape index (κ1) is 13.6. The van der Waals surface area contributed by atoms with E-state index in [9.17, 15) is 18.3 Å². The van der Waals surface area contributed by atoms with E-state index in [1.54, 1.807) is 31.2 Å². The standard InChI is InChI=1S/C15H13F3O/c1-10-6-2-3-7-11(10)14(19)12-8-4-5-9-13(12)15(16,17)18/h2-9,14,19H,1H3. The Kier molecular flexibility index (Phi) is 3.62. The number of hydrogen-bond donors (Lipinski definition) is 1. The van der Waals surface area contributed by atoms with E-state index in [1.165, 1.54) is 18.2 Å². The molecule has 2 aromatic carbocycles. The van der Waals surface area contributed by atoms with Crippen LogP contribution in [0.1, 0.15) is 28.4 Å². The summed E-state index contributed by atoms with van der Waals surface area (Å²) < 4.78 is 38.7. The van der Waals surface area contributed by atoms with Crippen LogP contribution in [0.25, 0.3) is 0 Å². The van der Waals surface area contributed by atoms with Crippen LogP contribution >= 0.6 is 0 Å². The summed E-state index contributed by atoms with van der Waals surface area (Å²) in [4.78, 5) is 0. The lowest BCUT2D eigenvalue weighted by Gasteiger charge is -2.19. The highest BCUT2D eigenvalue weighted by Gasteiger charge is 2.35. The van der Waals surface area contributed by atoms with E-state index >= 15 is 0 Å². The molecule has 0 heterocycles. The molecule has 1 unspecified atom stereocenters. The molecule has 2 rings (SSSR count). The normalized spacial score (nSPS) is 13.3. The van der Waals surface area contributed by atoms with Crippen LogP contribution < -0.4 is 0 Å². The lowest BCUT2D eigenvalue weighted by Crippen LogP contribution is -2.13. The summed E-state index contributed by atoms with van der Waals surface area (Å²) in [5.74, 6) is 0. The summed E-state index contributed by atoms with van der Waals surface area (Å²) in [5, 5.41) is 10.2. The number of rotatable bonds is 2. The largest absolute Gasteiger partial charge is 0.416 e. The molecular formula is C15H13F3O. The number of hydrogen-bond acceptors (Lipinski definition) is 1. The van der Waals surface area contributed by atoms with Crippen LogP contribution in [0.5, 0.6) is 0 Å². The first-order valence-corrected chi connectivity index (χ1v) is 5.81. The van der Waals surface area contributed by atoms with Crippen molar-refractivity contribution in [1.29, 1.82) is 0 Å². The Morgan fingerprint density at radius 2 is 1.42 bits per heavy atom. The summed E-state index contributed by atoms with van der Waals surface area (Å²) >= 11 is 0. The molecule has 19 heavy (non-hydrogen) atoms. The molecule has 0 saturated carbocycles. The fourth-order valence-corrected chi connectivity index (χ4v) is 2.05. The molecule has 0 bridgehead atoms. The van der Waals surface area contributed by atoms with Crippen LogP contribution in [-0.4, -0.2) is 5.11 Å². The second-order valence-electron chi connectivity index (χ2n) is 4.34. The van der Waals surface area contributed by atoms with Gasteiger partial charge >= 0.3 is 6.18 Å². The van der Waals surface area contributed by atoms with Crippen molar-refractivity contribution in [2.45, 2.75) is 19.2 Å². The fourth-order valence-electron chi connectivity index (χ4n) is 2.05. The highest BCUT2D eigenvalue weighted by atomic mass is 19.4. The third-order valence-electron chi connectivity index (χ3n) is 3.04. The van der Waals surface area contributed by atoms with Gasteiger partial charge in [0.2, 0.25) is 0 Å². The minimum atomic E-state index is -4.47. The lowest BCUT2D eigenvalue weighted by atomic mass is 9.94. The maximum Gasteiger partial charge on any atom is 0.416 e. The quantitative estimate of drug-likeness (QED) is 0.867. The van der Waals surface area contributed by atoms with Gasteiger partial charge in [-0.2, -0.15) is 13.2 Å². The van der Waals surface area contributed by atoms with Crippen molar-refractivity contribution in [3.05, 3.63) is 70.8 Å². The van der Waals surface area contributed by atoms with Crippen molar-refractivity contribution >= 4 is 0 Å². The Morgan fingerprint density at radius 1 is 0.895 bits per heavy atom. The average molecular weight is 266 g/mol. The SMILES string of the molecule is Cc1ccccc1C(O)c1ccccc1C(F)(F)F. The molecule has 0 saturated heterocycles. The van der Waals surface area contributed by atoms with E-state index in [-0.39, 0.29) is 5.56 Å². The molecule has 1 atom stereocenters. The van der Waals surface area contributed by atoms with Crippen LogP contribution in [0.15, 0.2) is 48.5 Å². The molecule has 0 radical (unpaired) electrons. The van der Waals surface area contributed by atoms with Crippen LogP contribution in [-0.2, 0) is 6.18 Å². The number of benzene rings is 2. The average Bonchev–Trinajstić information content (AvgIpc) is 2.37. The molecule has 0 spiro atoms. The maximum atomic E-state index is 12.9. The van der Waals surface area contributed by atoms with Gasteiger partial charge in [-0.1, -0.05) is 42.5 Å². The third kappa shape index (κ3) is 2.79. The monoisotopic (exact) mass is 266 g/mol. The third-order valence-corrected chi connectivity index (χ3v) is 3.04. The zero-order chi connectivity index (χ0) is 14.0. The molecule has 0 amide bonds. The van der Waals surface area contributed by atoms with Gasteiger partial charge in [-0.25, -0.2) is 0 Å². The molecule has 1 nitrogen and oxygen atoms in total. The van der Waals surface area contributed by atoms with Gasteiger partial charge < -0.3 is 5.11 Å². The highest BCUT2D eigenvalue weighted by Crippen LogP contribution is 2.36. The Bertz CT molecular complexity index is 576. The molecule has 0 aliphatic rings. The molecule has 0 aliphatic heterocycles. The van der Waals surface area contributed by atoms with Crippen molar-refractivity contribution in [3.63, 3.8) is 0 Å². The molecule has 2 aromatic rings. The lowest BCUT2D eigenvalue weighted by molar-refractivity contribution is -0.139. The van der Waals surface area contributed by atoms with Gasteiger partial charge in [-0.15, -0.1) is 0 Å². The summed E-state index contributed by atoms with van der Waals surface area (Å²) in [7, 11) is 0. The highest BCUT2D eigenvalue weighted by molar-refractivity contribution is 5.40. The van der Waals surface area contributed by atoms with Gasteiger partial charge in [0.1, 0.15) is 6.10 Å². The predicted octanol–water partition coefficient (Wildman–Crippen LogP) is 4.10. The second kappa shape index (κ2) is 5.05. The van der Waals surface area contributed by atoms with E-state index in [2.05, 4.69) is 0 Å². The minimum Gasteiger partial charge on any atom is -0.384 e. The molecule has 4 heteroatoms. The number of halogens is 3. The minimum absolute atomic E-state index is 0.121. The molecule has 0 aliphatic carbocycles. The van der Waals surface area contributed by atoms with E-state index in [0.717, 1.165) is 11.6 Å².